The van der Waals surface area contributed by atoms with Crippen LogP contribution in [0.2, 0.25) is 0 Å². The van der Waals surface area contributed by atoms with Gasteiger partial charge in [-0.15, -0.1) is 0 Å². The number of nitrogens with one attached hydrogen (secondary N) is 1. The number of allylic oxidation sites excluding steroid dienone is 19. The molecule has 3 atom stereocenters. The fourth-order valence-corrected chi connectivity index (χ4v) is 9.04. The fraction of sp³-hybridized carbons (Fsp3) is 0.676. The lowest BCUT2D eigenvalue weighted by atomic mass is 10.0. The Bertz CT molecular complexity index is 1750. The van der Waals surface area contributed by atoms with E-state index in [1.54, 1.807) is 0 Å². The molecule has 0 aliphatic rings. The molecule has 0 heterocycles. The summed E-state index contributed by atoms with van der Waals surface area (Å²) in [6.07, 6.45) is 79.0. The van der Waals surface area contributed by atoms with Crippen molar-refractivity contribution in [3.8, 4) is 0 Å². The lowest BCUT2D eigenvalue weighted by molar-refractivity contribution is -0.870. The van der Waals surface area contributed by atoms with Crippen molar-refractivity contribution >= 4 is 19.7 Å². The molecule has 9 nitrogen and oxygen atoms in total. The molecule has 78 heavy (non-hydrogen) atoms. The first kappa shape index (κ1) is 74.4. The van der Waals surface area contributed by atoms with Crippen LogP contribution in [0.25, 0.3) is 0 Å². The molecule has 10 heteroatoms. The van der Waals surface area contributed by atoms with Crippen molar-refractivity contribution in [1.82, 2.24) is 5.32 Å². The maximum atomic E-state index is 13.5. The van der Waals surface area contributed by atoms with E-state index >= 15 is 0 Å². The highest BCUT2D eigenvalue weighted by molar-refractivity contribution is 7.45. The van der Waals surface area contributed by atoms with E-state index in [1.807, 2.05) is 45.4 Å². The van der Waals surface area contributed by atoms with E-state index in [9.17, 15) is 19.0 Å². The molecule has 0 rings (SSSR count). The van der Waals surface area contributed by atoms with E-state index in [0.717, 1.165) is 96.3 Å². The Morgan fingerprint density at radius 2 is 0.833 bits per heavy atom. The highest BCUT2D eigenvalue weighted by atomic mass is 31.2. The minimum absolute atomic E-state index is 0.0437. The van der Waals surface area contributed by atoms with Gasteiger partial charge in [-0.3, -0.25) is 14.2 Å². The Morgan fingerprint density at radius 1 is 0.462 bits per heavy atom. The summed E-state index contributed by atoms with van der Waals surface area (Å²) in [7, 11) is 1.12. The van der Waals surface area contributed by atoms with Gasteiger partial charge in [-0.25, -0.2) is 0 Å². The van der Waals surface area contributed by atoms with Crippen LogP contribution in [0, 0.1) is 0 Å². The third-order valence-corrected chi connectivity index (χ3v) is 14.1. The molecule has 0 aliphatic heterocycles. The molecule has 0 aromatic carbocycles. The number of hydrogen-bond acceptors (Lipinski definition) is 7. The van der Waals surface area contributed by atoms with Crippen LogP contribution in [0.1, 0.15) is 245 Å². The van der Waals surface area contributed by atoms with E-state index < -0.39 is 26.6 Å². The second-order valence-corrected chi connectivity index (χ2v) is 23.2. The second-order valence-electron chi connectivity index (χ2n) is 21.8. The summed E-state index contributed by atoms with van der Waals surface area (Å²) in [6.45, 7) is 6.62. The van der Waals surface area contributed by atoms with Crippen molar-refractivity contribution in [3.63, 3.8) is 0 Å². The Morgan fingerprint density at radius 3 is 1.28 bits per heavy atom. The lowest BCUT2D eigenvalue weighted by Crippen LogP contribution is -2.47. The number of carbonyl (C=O) groups is 2. The maximum Gasteiger partial charge on any atom is 0.306 e. The highest BCUT2D eigenvalue weighted by Gasteiger charge is 2.27. The number of phosphoric acid groups is 1. The summed E-state index contributed by atoms with van der Waals surface area (Å²) in [5.41, 5.74) is 0. The number of phosphoric ester groups is 1. The summed E-state index contributed by atoms with van der Waals surface area (Å²) < 4.78 is 30.3. The number of rotatable bonds is 55. The topological polar surface area (TPSA) is 114 Å². The molecular weight excluding hydrogens is 988 g/mol. The van der Waals surface area contributed by atoms with Crippen LogP contribution in [0.5, 0.6) is 0 Å². The summed E-state index contributed by atoms with van der Waals surface area (Å²) in [6, 6.07) is -0.941. The number of carbonyl (C=O) groups excluding carboxylic acids is 2. The largest absolute Gasteiger partial charge is 0.756 e. The Labute approximate surface area is 480 Å². The third-order valence-electron chi connectivity index (χ3n) is 13.1. The minimum Gasteiger partial charge on any atom is -0.756 e. The van der Waals surface area contributed by atoms with Gasteiger partial charge in [-0.05, 0) is 109 Å². The average molecular weight is 1110 g/mol. The molecule has 0 saturated heterocycles. The molecule has 0 saturated carbocycles. The molecule has 0 bridgehead atoms. The van der Waals surface area contributed by atoms with Crippen molar-refractivity contribution < 1.29 is 37.3 Å². The van der Waals surface area contributed by atoms with Crippen molar-refractivity contribution in [3.05, 3.63) is 122 Å². The molecule has 0 aromatic heterocycles. The first-order valence-corrected chi connectivity index (χ1v) is 32.8. The normalized spacial score (nSPS) is 14.5. The van der Waals surface area contributed by atoms with E-state index in [4.69, 9.17) is 13.8 Å². The zero-order valence-corrected chi connectivity index (χ0v) is 51.7. The number of hydrogen-bond donors (Lipinski definition) is 1. The number of ether oxygens (including phenoxy) is 1. The maximum absolute atomic E-state index is 13.5. The molecular formula is C68H117N2O7P. The summed E-state index contributed by atoms with van der Waals surface area (Å²) in [5, 5.41) is 2.97. The van der Waals surface area contributed by atoms with Gasteiger partial charge < -0.3 is 28.5 Å². The first-order chi connectivity index (χ1) is 37.9. The molecule has 0 spiro atoms. The van der Waals surface area contributed by atoms with Crippen molar-refractivity contribution in [2.75, 3.05) is 40.9 Å². The van der Waals surface area contributed by atoms with Crippen LogP contribution < -0.4 is 10.2 Å². The van der Waals surface area contributed by atoms with Crippen molar-refractivity contribution in [2.45, 2.75) is 258 Å². The third kappa shape index (κ3) is 57.1. The zero-order chi connectivity index (χ0) is 57.2. The first-order valence-electron chi connectivity index (χ1n) is 31.3. The molecule has 3 unspecified atom stereocenters. The number of esters is 1. The monoisotopic (exact) mass is 1100 g/mol. The van der Waals surface area contributed by atoms with E-state index in [0.29, 0.717) is 23.9 Å². The molecule has 446 valence electrons. The Balaban J connectivity index is 5.37. The molecule has 0 aliphatic carbocycles. The second kappa shape index (κ2) is 56.7. The predicted molar refractivity (Wildman–Crippen MR) is 334 cm³/mol. The van der Waals surface area contributed by atoms with Crippen LogP contribution in [-0.4, -0.2) is 69.4 Å². The number of quaternary nitrogens is 1. The van der Waals surface area contributed by atoms with Gasteiger partial charge in [0, 0.05) is 12.8 Å². The van der Waals surface area contributed by atoms with Gasteiger partial charge in [0.2, 0.25) is 5.91 Å². The number of likely N-dealkylation sites (N-methyl/N-ethyl adjacent to an activating group) is 1. The molecule has 0 fully saturated rings. The van der Waals surface area contributed by atoms with E-state index in [2.05, 4.69) is 123 Å². The summed E-state index contributed by atoms with van der Waals surface area (Å²) in [5.74, 6) is -0.657. The SMILES string of the molecule is CC/C=C/C/C=C/C/C=C/C/C=C/C/C=C/CCC(=O)NC(COP(=O)([O-])OCC[N+](C)(C)C)C(/C=C\CCCCCCCCCCCCC)OC(=O)CCCCCCCCC/C=C\C/C=C\C/C=C\C/C=C\CCCCC. The number of unbranched alkanes of at least 4 members (excludes halogenated alkanes) is 21. The van der Waals surface area contributed by atoms with Gasteiger partial charge >= 0.3 is 5.97 Å². The van der Waals surface area contributed by atoms with E-state index in [1.165, 1.54) is 103 Å². The van der Waals surface area contributed by atoms with Gasteiger partial charge in [0.15, 0.2) is 0 Å². The Kier molecular flexibility index (Phi) is 54.1. The molecule has 1 N–H and O–H groups in total. The molecule has 0 aromatic rings. The number of nitrogens with zero attached hydrogens (tertiary/aromatic N) is 1. The van der Waals surface area contributed by atoms with Gasteiger partial charge in [-0.2, -0.15) is 0 Å². The van der Waals surface area contributed by atoms with Crippen LogP contribution in [0.3, 0.4) is 0 Å². The van der Waals surface area contributed by atoms with Crippen molar-refractivity contribution in [1.29, 1.82) is 0 Å². The zero-order valence-electron chi connectivity index (χ0n) is 50.8. The van der Waals surface area contributed by atoms with Gasteiger partial charge in [0.1, 0.15) is 19.3 Å². The summed E-state index contributed by atoms with van der Waals surface area (Å²) in [4.78, 5) is 40.0. The molecule has 1 amide bonds. The van der Waals surface area contributed by atoms with Gasteiger partial charge in [-0.1, -0.05) is 245 Å². The van der Waals surface area contributed by atoms with E-state index in [-0.39, 0.29) is 31.3 Å². The highest BCUT2D eigenvalue weighted by Crippen LogP contribution is 2.38. The average Bonchev–Trinajstić information content (AvgIpc) is 3.40. The smallest absolute Gasteiger partial charge is 0.306 e. The van der Waals surface area contributed by atoms with Crippen LogP contribution >= 0.6 is 7.82 Å². The number of amides is 1. The molecule has 0 radical (unpaired) electrons. The van der Waals surface area contributed by atoms with Gasteiger partial charge in [0.05, 0.1) is 33.8 Å². The minimum atomic E-state index is -4.73. The lowest BCUT2D eigenvalue weighted by Gasteiger charge is -2.30. The Hall–Kier alpha value is -3.59. The standard InChI is InChI=1S/C68H117N2O7P/c1-7-10-13-16-19-22-25-28-30-32-33-34-35-36-37-38-40-43-46-49-52-55-58-61-68(72)77-66(59-56-53-50-47-44-41-27-24-21-18-15-12-9-3)65(64-76-78(73,74)75-63-62-70(4,5)6)69-67(71)60-57-54-51-48-45-42-39-31-29-26-23-20-17-14-11-8-2/h11,14,19-20,22-23,28-31,33-34,36-37,42,45,51,54,56,59,65-66H,7-10,12-13,15-18,21,24-27,32,35,38-41,43-44,46-50,52-53,55,57-58,60-64H2,1-6H3,(H-,69,71,73,74)/b14-11+,22-19-,23-20+,30-28-,31-29+,34-33-,37-36-,45-42+,54-51+,59-56-. The van der Waals surface area contributed by atoms with Crippen LogP contribution in [0.4, 0.5) is 0 Å². The summed E-state index contributed by atoms with van der Waals surface area (Å²) >= 11 is 0. The van der Waals surface area contributed by atoms with Gasteiger partial charge in [0.25, 0.3) is 7.82 Å². The van der Waals surface area contributed by atoms with Crippen LogP contribution in [-0.2, 0) is 27.9 Å². The van der Waals surface area contributed by atoms with Crippen molar-refractivity contribution in [2.24, 2.45) is 0 Å². The van der Waals surface area contributed by atoms with Crippen LogP contribution in [0.15, 0.2) is 122 Å². The predicted octanol–water partition coefficient (Wildman–Crippen LogP) is 18.9. The quantitative estimate of drug-likeness (QED) is 0.0212. The fourth-order valence-electron chi connectivity index (χ4n) is 8.32.